The fourth-order valence-corrected chi connectivity index (χ4v) is 5.69. The van der Waals surface area contributed by atoms with Gasteiger partial charge in [0.2, 0.25) is 17.7 Å². The summed E-state index contributed by atoms with van der Waals surface area (Å²) in [5.41, 5.74) is 7.53. The second kappa shape index (κ2) is 25.7. The van der Waals surface area contributed by atoms with Crippen LogP contribution in [0, 0.1) is 0 Å². The van der Waals surface area contributed by atoms with Crippen LogP contribution >= 0.6 is 0 Å². The quantitative estimate of drug-likeness (QED) is 0.0551. The van der Waals surface area contributed by atoms with E-state index in [1.165, 1.54) is 0 Å². The van der Waals surface area contributed by atoms with Gasteiger partial charge in [0.1, 0.15) is 24.1 Å². The highest BCUT2D eigenvalue weighted by Gasteiger charge is 2.42. The molecule has 0 saturated carbocycles. The molecule has 1 fully saturated rings. The molecule has 316 valence electrons. The molecule has 0 aliphatic carbocycles. The van der Waals surface area contributed by atoms with E-state index in [-0.39, 0.29) is 83.0 Å². The van der Waals surface area contributed by atoms with E-state index < -0.39 is 48.6 Å². The Bertz CT molecular complexity index is 1560. The van der Waals surface area contributed by atoms with Crippen LogP contribution in [0.3, 0.4) is 0 Å². The first-order valence-corrected chi connectivity index (χ1v) is 19.2. The second-order valence-corrected chi connectivity index (χ2v) is 13.4. The van der Waals surface area contributed by atoms with Crippen molar-refractivity contribution in [3.8, 4) is 16.9 Å². The number of benzene rings is 2. The number of nitrogens with one attached hydrogen (secondary N) is 5. The van der Waals surface area contributed by atoms with E-state index in [4.69, 9.17) is 24.7 Å². The van der Waals surface area contributed by atoms with Crippen molar-refractivity contribution in [3.05, 3.63) is 54.1 Å². The van der Waals surface area contributed by atoms with Crippen LogP contribution in [-0.4, -0.2) is 141 Å². The van der Waals surface area contributed by atoms with E-state index in [1.54, 1.807) is 44.3 Å². The van der Waals surface area contributed by atoms with Crippen LogP contribution < -0.4 is 37.1 Å². The number of hydrogen-bond donors (Lipinski definition) is 9. The second-order valence-electron chi connectivity index (χ2n) is 13.4. The fourth-order valence-electron chi connectivity index (χ4n) is 5.69. The number of aliphatic hydroxyl groups excluding tert-OH is 3. The Morgan fingerprint density at radius 2 is 1.51 bits per heavy atom. The SMILES string of the molecule is CN[C@@H](CCCCN)C(=O)NC(=O)CCCC(=O)NCCNC(=O)c1cccc(-c2ccc(OCC(=O)NCCOCCO[C@@H]3O[C@@H](C)[C@H](O)[C@@H](O)[C@H]3O)cc2)c1. The molecule has 1 saturated heterocycles. The summed E-state index contributed by atoms with van der Waals surface area (Å²) in [7, 11) is 1.65. The minimum absolute atomic E-state index is 0.0301. The van der Waals surface area contributed by atoms with Gasteiger partial charge in [-0.15, -0.1) is 0 Å². The third-order valence-electron chi connectivity index (χ3n) is 8.98. The molecule has 5 amide bonds. The normalized spacial score (nSPS) is 19.6. The highest BCUT2D eigenvalue weighted by molar-refractivity contribution is 5.98. The molecule has 10 N–H and O–H groups in total. The molecule has 18 nitrogen and oxygen atoms in total. The number of carbonyl (C=O) groups is 5. The minimum Gasteiger partial charge on any atom is -0.484 e. The summed E-state index contributed by atoms with van der Waals surface area (Å²) in [6.45, 7) is 2.93. The topological polar surface area (TPSA) is 269 Å². The van der Waals surface area contributed by atoms with Crippen LogP contribution in [-0.2, 0) is 33.4 Å². The Balaban J connectivity index is 1.27. The Labute approximate surface area is 332 Å². The number of aliphatic hydroxyl groups is 3. The van der Waals surface area contributed by atoms with E-state index in [0.717, 1.165) is 24.0 Å². The van der Waals surface area contributed by atoms with Crippen molar-refractivity contribution in [3.63, 3.8) is 0 Å². The average molecular weight is 803 g/mol. The van der Waals surface area contributed by atoms with E-state index in [0.29, 0.717) is 24.3 Å². The highest BCUT2D eigenvalue weighted by Crippen LogP contribution is 2.24. The number of amides is 5. The predicted molar refractivity (Wildman–Crippen MR) is 208 cm³/mol. The lowest BCUT2D eigenvalue weighted by atomic mass is 10.0. The third kappa shape index (κ3) is 16.8. The summed E-state index contributed by atoms with van der Waals surface area (Å²) in [4.78, 5) is 61.6. The van der Waals surface area contributed by atoms with Gasteiger partial charge in [-0.25, -0.2) is 0 Å². The first kappa shape index (κ1) is 46.8. The van der Waals surface area contributed by atoms with E-state index >= 15 is 0 Å². The Morgan fingerprint density at radius 1 is 0.789 bits per heavy atom. The standard InChI is InChI=1S/C39H58N6O12/c1-25-34(49)35(50)36(51)39(57-25)55-22-21-54-20-19-43-33(48)24-56-29-14-12-26(13-15-29)27-7-5-8-28(23-27)37(52)44-18-17-42-31(46)10-6-11-32(47)45-38(53)30(41-2)9-3-4-16-40/h5,7-8,12-15,23,25,30,34-36,39,41,49-51H,3-4,6,9-11,16-22,24,40H2,1-2H3,(H,42,46)(H,43,48)(H,44,52)(H,45,47,53)/t25-,30-,34-,35+,36+,39+/m0/s1. The van der Waals surface area contributed by atoms with Gasteiger partial charge in [0.25, 0.3) is 11.8 Å². The Hall–Kier alpha value is -4.53. The number of rotatable bonds is 25. The molecule has 0 spiro atoms. The molecular weight excluding hydrogens is 744 g/mol. The first-order valence-electron chi connectivity index (χ1n) is 19.2. The first-order chi connectivity index (χ1) is 27.4. The van der Waals surface area contributed by atoms with Crippen molar-refractivity contribution in [1.29, 1.82) is 0 Å². The molecule has 0 radical (unpaired) electrons. The summed E-state index contributed by atoms with van der Waals surface area (Å²) in [5.74, 6) is -1.30. The molecule has 2 aromatic carbocycles. The van der Waals surface area contributed by atoms with Crippen LogP contribution in [0.25, 0.3) is 11.1 Å². The summed E-state index contributed by atoms with van der Waals surface area (Å²) < 4.78 is 21.7. The summed E-state index contributed by atoms with van der Waals surface area (Å²) in [6.07, 6.45) is -3.24. The minimum atomic E-state index is -1.39. The van der Waals surface area contributed by atoms with Crippen molar-refractivity contribution in [2.24, 2.45) is 5.73 Å². The Morgan fingerprint density at radius 3 is 2.25 bits per heavy atom. The summed E-state index contributed by atoms with van der Waals surface area (Å²) >= 11 is 0. The zero-order chi connectivity index (χ0) is 41.6. The van der Waals surface area contributed by atoms with Gasteiger partial charge in [-0.2, -0.15) is 0 Å². The van der Waals surface area contributed by atoms with Gasteiger partial charge in [-0.05, 0) is 75.2 Å². The maximum absolute atomic E-state index is 12.8. The number of likely N-dealkylation sites (N-methyl/N-ethyl adjacent to an activating group) is 1. The van der Waals surface area contributed by atoms with E-state index in [1.807, 2.05) is 18.2 Å². The molecule has 1 aliphatic heterocycles. The van der Waals surface area contributed by atoms with Crippen LogP contribution in [0.15, 0.2) is 48.5 Å². The maximum atomic E-state index is 12.8. The van der Waals surface area contributed by atoms with Gasteiger partial charge in [-0.1, -0.05) is 30.7 Å². The predicted octanol–water partition coefficient (Wildman–Crippen LogP) is -0.915. The Kier molecular flexibility index (Phi) is 21.1. The van der Waals surface area contributed by atoms with Gasteiger partial charge in [0.15, 0.2) is 12.9 Å². The van der Waals surface area contributed by atoms with Gasteiger partial charge >= 0.3 is 0 Å². The highest BCUT2D eigenvalue weighted by atomic mass is 16.7. The van der Waals surface area contributed by atoms with Crippen molar-refractivity contribution in [1.82, 2.24) is 26.6 Å². The number of nitrogens with two attached hydrogens (primary N) is 1. The summed E-state index contributed by atoms with van der Waals surface area (Å²) in [5, 5.41) is 43.0. The smallest absolute Gasteiger partial charge is 0.258 e. The van der Waals surface area contributed by atoms with E-state index in [9.17, 15) is 39.3 Å². The number of carbonyl (C=O) groups excluding carboxylic acids is 5. The molecule has 6 atom stereocenters. The number of ether oxygens (including phenoxy) is 4. The molecule has 0 bridgehead atoms. The van der Waals surface area contributed by atoms with Gasteiger partial charge < -0.3 is 61.3 Å². The van der Waals surface area contributed by atoms with Gasteiger partial charge in [0, 0.05) is 38.0 Å². The number of imide groups is 1. The molecule has 1 heterocycles. The van der Waals surface area contributed by atoms with Crippen molar-refractivity contribution in [2.75, 3.05) is 59.7 Å². The lowest BCUT2D eigenvalue weighted by Crippen LogP contribution is -2.57. The van der Waals surface area contributed by atoms with Gasteiger partial charge in [-0.3, -0.25) is 29.3 Å². The van der Waals surface area contributed by atoms with Crippen LogP contribution in [0.1, 0.15) is 55.8 Å². The lowest BCUT2D eigenvalue weighted by Gasteiger charge is -2.38. The lowest BCUT2D eigenvalue weighted by molar-refractivity contribution is -0.294. The number of unbranched alkanes of at least 4 members (excludes halogenated alkanes) is 1. The third-order valence-corrected chi connectivity index (χ3v) is 8.98. The molecule has 57 heavy (non-hydrogen) atoms. The molecule has 3 rings (SSSR count). The number of hydrogen-bond acceptors (Lipinski definition) is 14. The molecule has 18 heteroatoms. The molecule has 2 aromatic rings. The van der Waals surface area contributed by atoms with Crippen molar-refractivity contribution >= 4 is 29.5 Å². The molecule has 1 aliphatic rings. The summed E-state index contributed by atoms with van der Waals surface area (Å²) in [6, 6.07) is 13.6. The maximum Gasteiger partial charge on any atom is 0.258 e. The van der Waals surface area contributed by atoms with Crippen LogP contribution in [0.2, 0.25) is 0 Å². The van der Waals surface area contributed by atoms with Crippen molar-refractivity contribution < 1.29 is 58.2 Å². The largest absolute Gasteiger partial charge is 0.484 e. The van der Waals surface area contributed by atoms with Crippen LogP contribution in [0.5, 0.6) is 5.75 Å². The average Bonchev–Trinajstić information content (AvgIpc) is 3.21. The van der Waals surface area contributed by atoms with E-state index in [2.05, 4.69) is 26.6 Å². The van der Waals surface area contributed by atoms with Crippen molar-refractivity contribution in [2.45, 2.75) is 82.2 Å². The molecule has 0 aromatic heterocycles. The zero-order valence-electron chi connectivity index (χ0n) is 32.6. The monoisotopic (exact) mass is 802 g/mol. The molecular formula is C39H58N6O12. The fraction of sp³-hybridized carbons (Fsp3) is 0.564. The zero-order valence-corrected chi connectivity index (χ0v) is 32.6. The van der Waals surface area contributed by atoms with Crippen LogP contribution in [0.4, 0.5) is 0 Å². The van der Waals surface area contributed by atoms with Gasteiger partial charge in [0.05, 0.1) is 32.0 Å². The molecule has 0 unspecified atom stereocenters.